The number of hydrogen-bond donors (Lipinski definition) is 2. The monoisotopic (exact) mass is 373 g/mol. The highest BCUT2D eigenvalue weighted by Crippen LogP contribution is 2.19. The smallest absolute Gasteiger partial charge is 0.244 e. The van der Waals surface area contributed by atoms with Crippen LogP contribution < -0.4 is 15.5 Å². The van der Waals surface area contributed by atoms with E-state index in [0.717, 1.165) is 37.1 Å². The highest BCUT2D eigenvalue weighted by Gasteiger charge is 2.13. The fourth-order valence-corrected chi connectivity index (χ4v) is 2.81. The summed E-state index contributed by atoms with van der Waals surface area (Å²) in [5.74, 6) is 0.0620. The van der Waals surface area contributed by atoms with Gasteiger partial charge in [0.25, 0.3) is 0 Å². The Balaban J connectivity index is 1.43. The minimum atomic E-state index is -0.584. The van der Waals surface area contributed by atoms with E-state index in [1.54, 1.807) is 0 Å². The first-order valence-corrected chi connectivity index (χ1v) is 8.83. The predicted octanol–water partition coefficient (Wildman–Crippen LogP) is 2.60. The maximum atomic E-state index is 13.5. The standard InChI is InChI=1S/C19H21F2N5O/c20-15-4-5-16(21)14(11-15)3-6-19(27)23-8-7-22-17-12-18(25-13-24-17)26-9-1-2-10-26/h3-6,11-13H,1-2,7-10H2,(H,23,27)(H,22,24,25)/b6-3+. The molecule has 2 aromatic rings. The molecule has 1 aromatic carbocycles. The van der Waals surface area contributed by atoms with Crippen molar-refractivity contribution in [3.05, 3.63) is 53.9 Å². The molecule has 1 aliphatic rings. The van der Waals surface area contributed by atoms with Gasteiger partial charge in [0.1, 0.15) is 29.6 Å². The number of halogens is 2. The predicted molar refractivity (Wildman–Crippen MR) is 100 cm³/mol. The van der Waals surface area contributed by atoms with Crippen molar-refractivity contribution in [1.82, 2.24) is 15.3 Å². The molecule has 3 rings (SSSR count). The van der Waals surface area contributed by atoms with Gasteiger partial charge in [-0.3, -0.25) is 4.79 Å². The summed E-state index contributed by atoms with van der Waals surface area (Å²) in [6, 6.07) is 4.98. The van der Waals surface area contributed by atoms with Crippen LogP contribution in [0.1, 0.15) is 18.4 Å². The van der Waals surface area contributed by atoms with Crippen LogP contribution in [0.5, 0.6) is 0 Å². The van der Waals surface area contributed by atoms with Crippen molar-refractivity contribution >= 4 is 23.6 Å². The van der Waals surface area contributed by atoms with Crippen LogP contribution in [-0.4, -0.2) is 42.1 Å². The minimum absolute atomic E-state index is 0.0266. The van der Waals surface area contributed by atoms with Crippen LogP contribution in [0, 0.1) is 11.6 Å². The van der Waals surface area contributed by atoms with Gasteiger partial charge in [0.2, 0.25) is 5.91 Å². The van der Waals surface area contributed by atoms with Crippen molar-refractivity contribution < 1.29 is 13.6 Å². The summed E-state index contributed by atoms with van der Waals surface area (Å²) in [6.07, 6.45) is 6.28. The molecule has 1 saturated heterocycles. The second-order valence-corrected chi connectivity index (χ2v) is 6.17. The second-order valence-electron chi connectivity index (χ2n) is 6.17. The van der Waals surface area contributed by atoms with E-state index in [0.29, 0.717) is 18.9 Å². The van der Waals surface area contributed by atoms with Crippen LogP contribution in [0.25, 0.3) is 6.08 Å². The maximum Gasteiger partial charge on any atom is 0.244 e. The second kappa shape index (κ2) is 9.07. The molecule has 0 aliphatic carbocycles. The first-order chi connectivity index (χ1) is 13.1. The van der Waals surface area contributed by atoms with Crippen molar-refractivity contribution in [2.24, 2.45) is 0 Å². The van der Waals surface area contributed by atoms with Gasteiger partial charge in [-0.05, 0) is 37.1 Å². The van der Waals surface area contributed by atoms with Crippen molar-refractivity contribution in [1.29, 1.82) is 0 Å². The number of benzene rings is 1. The highest BCUT2D eigenvalue weighted by molar-refractivity contribution is 5.91. The molecule has 2 heterocycles. The molecule has 0 spiro atoms. The van der Waals surface area contributed by atoms with Gasteiger partial charge in [-0.2, -0.15) is 0 Å². The van der Waals surface area contributed by atoms with Gasteiger partial charge in [-0.1, -0.05) is 0 Å². The Morgan fingerprint density at radius 2 is 1.96 bits per heavy atom. The molecule has 0 radical (unpaired) electrons. The Kier molecular flexibility index (Phi) is 6.30. The molecule has 0 bridgehead atoms. The fourth-order valence-electron chi connectivity index (χ4n) is 2.81. The lowest BCUT2D eigenvalue weighted by Gasteiger charge is -2.16. The van der Waals surface area contributed by atoms with Gasteiger partial charge in [0, 0.05) is 43.9 Å². The number of carbonyl (C=O) groups excluding carboxylic acids is 1. The average Bonchev–Trinajstić information content (AvgIpc) is 3.21. The van der Waals surface area contributed by atoms with E-state index < -0.39 is 11.6 Å². The summed E-state index contributed by atoms with van der Waals surface area (Å²) in [5, 5.41) is 5.80. The lowest BCUT2D eigenvalue weighted by Crippen LogP contribution is -2.27. The SMILES string of the molecule is O=C(/C=C/c1cc(F)ccc1F)NCCNc1cc(N2CCCC2)ncn1. The van der Waals surface area contributed by atoms with Crippen LogP contribution in [0.15, 0.2) is 36.7 Å². The molecule has 142 valence electrons. The first kappa shape index (κ1) is 18.8. The van der Waals surface area contributed by atoms with Crippen LogP contribution in [0.2, 0.25) is 0 Å². The van der Waals surface area contributed by atoms with E-state index in [2.05, 4.69) is 25.5 Å². The number of carbonyl (C=O) groups is 1. The van der Waals surface area contributed by atoms with Gasteiger partial charge in [-0.25, -0.2) is 18.7 Å². The number of rotatable bonds is 7. The van der Waals surface area contributed by atoms with Crippen molar-refractivity contribution in [3.8, 4) is 0 Å². The molecule has 1 aliphatic heterocycles. The summed E-state index contributed by atoms with van der Waals surface area (Å²) in [5.41, 5.74) is 0.0266. The molecule has 8 heteroatoms. The third-order valence-corrected chi connectivity index (χ3v) is 4.19. The Morgan fingerprint density at radius 1 is 1.15 bits per heavy atom. The van der Waals surface area contributed by atoms with Gasteiger partial charge < -0.3 is 15.5 Å². The van der Waals surface area contributed by atoms with E-state index in [1.807, 2.05) is 6.07 Å². The molecular weight excluding hydrogens is 352 g/mol. The van der Waals surface area contributed by atoms with E-state index >= 15 is 0 Å². The minimum Gasteiger partial charge on any atom is -0.368 e. The molecule has 0 atom stereocenters. The molecular formula is C19H21F2N5O. The van der Waals surface area contributed by atoms with Crippen LogP contribution in [-0.2, 0) is 4.79 Å². The largest absolute Gasteiger partial charge is 0.368 e. The van der Waals surface area contributed by atoms with E-state index in [4.69, 9.17) is 0 Å². The van der Waals surface area contributed by atoms with Gasteiger partial charge in [-0.15, -0.1) is 0 Å². The quantitative estimate of drug-likeness (QED) is 0.577. The zero-order valence-corrected chi connectivity index (χ0v) is 14.8. The molecule has 1 aromatic heterocycles. The Morgan fingerprint density at radius 3 is 2.78 bits per heavy atom. The van der Waals surface area contributed by atoms with Gasteiger partial charge >= 0.3 is 0 Å². The molecule has 2 N–H and O–H groups in total. The summed E-state index contributed by atoms with van der Waals surface area (Å²) < 4.78 is 26.6. The third kappa shape index (κ3) is 5.47. The zero-order valence-electron chi connectivity index (χ0n) is 14.8. The summed E-state index contributed by atoms with van der Waals surface area (Å²) >= 11 is 0. The number of amides is 1. The topological polar surface area (TPSA) is 70.2 Å². The summed E-state index contributed by atoms with van der Waals surface area (Å²) in [7, 11) is 0. The Labute approximate surface area is 156 Å². The summed E-state index contributed by atoms with van der Waals surface area (Å²) in [6.45, 7) is 2.84. The number of aromatic nitrogens is 2. The normalized spacial score (nSPS) is 13.9. The molecule has 27 heavy (non-hydrogen) atoms. The Bertz CT molecular complexity index is 821. The average molecular weight is 373 g/mol. The molecule has 0 saturated carbocycles. The Hall–Kier alpha value is -3.03. The van der Waals surface area contributed by atoms with Crippen molar-refractivity contribution in [3.63, 3.8) is 0 Å². The van der Waals surface area contributed by atoms with Crippen LogP contribution >= 0.6 is 0 Å². The lowest BCUT2D eigenvalue weighted by atomic mass is 10.2. The number of nitrogens with zero attached hydrogens (tertiary/aromatic N) is 3. The van der Waals surface area contributed by atoms with Crippen LogP contribution in [0.4, 0.5) is 20.4 Å². The highest BCUT2D eigenvalue weighted by atomic mass is 19.1. The molecule has 0 unspecified atom stereocenters. The summed E-state index contributed by atoms with van der Waals surface area (Å²) in [4.78, 5) is 22.4. The maximum absolute atomic E-state index is 13.5. The zero-order chi connectivity index (χ0) is 19.1. The first-order valence-electron chi connectivity index (χ1n) is 8.83. The van der Waals surface area contributed by atoms with Crippen LogP contribution in [0.3, 0.4) is 0 Å². The lowest BCUT2D eigenvalue weighted by molar-refractivity contribution is -0.116. The third-order valence-electron chi connectivity index (χ3n) is 4.19. The number of hydrogen-bond acceptors (Lipinski definition) is 5. The van der Waals surface area contributed by atoms with Gasteiger partial charge in [0.15, 0.2) is 0 Å². The fraction of sp³-hybridized carbons (Fsp3) is 0.316. The number of anilines is 2. The van der Waals surface area contributed by atoms with Crippen molar-refractivity contribution in [2.45, 2.75) is 12.8 Å². The van der Waals surface area contributed by atoms with E-state index in [1.165, 1.54) is 31.3 Å². The van der Waals surface area contributed by atoms with E-state index in [-0.39, 0.29) is 11.5 Å². The molecule has 1 amide bonds. The van der Waals surface area contributed by atoms with Gasteiger partial charge in [0.05, 0.1) is 0 Å². The molecule has 1 fully saturated rings. The van der Waals surface area contributed by atoms with Crippen molar-refractivity contribution in [2.75, 3.05) is 36.4 Å². The molecule has 6 nitrogen and oxygen atoms in total. The number of nitrogens with one attached hydrogen (secondary N) is 2. The van der Waals surface area contributed by atoms with E-state index in [9.17, 15) is 13.6 Å².